The van der Waals surface area contributed by atoms with E-state index in [1.807, 2.05) is 18.2 Å². The lowest BCUT2D eigenvalue weighted by Crippen LogP contribution is -1.83. The summed E-state index contributed by atoms with van der Waals surface area (Å²) < 4.78 is 0. The van der Waals surface area contributed by atoms with Crippen molar-refractivity contribution < 1.29 is 5.11 Å². The van der Waals surface area contributed by atoms with Gasteiger partial charge in [-0.3, -0.25) is 0 Å². The molecule has 0 saturated heterocycles. The van der Waals surface area contributed by atoms with E-state index >= 15 is 0 Å². The Morgan fingerprint density at radius 1 is 1.15 bits per heavy atom. The fraction of sp³-hybridized carbons (Fsp3) is 0.0833. The summed E-state index contributed by atoms with van der Waals surface area (Å²) in [4.78, 5) is 0. The second kappa shape index (κ2) is 3.09. The quantitative estimate of drug-likeness (QED) is 0.699. The molecule has 0 aromatic heterocycles. The molecule has 2 rings (SSSR count). The zero-order chi connectivity index (χ0) is 9.26. The smallest absolute Gasteiger partial charge is 0.116 e. The van der Waals surface area contributed by atoms with E-state index < -0.39 is 0 Å². The number of benzene rings is 2. The zero-order valence-corrected chi connectivity index (χ0v) is 7.33. The van der Waals surface area contributed by atoms with E-state index in [0.717, 1.165) is 10.9 Å². The van der Waals surface area contributed by atoms with Crippen molar-refractivity contribution in [1.29, 1.82) is 0 Å². The number of hydrogen-bond acceptors (Lipinski definition) is 1. The summed E-state index contributed by atoms with van der Waals surface area (Å²) in [5.41, 5.74) is 1.09. The van der Waals surface area contributed by atoms with Crippen molar-refractivity contribution in [2.24, 2.45) is 0 Å². The summed E-state index contributed by atoms with van der Waals surface area (Å²) in [6.45, 7) is 3.84. The number of phenols is 1. The standard InChI is InChI=1S/C12H11O/c1-2-9-7-11(13)8-10-5-3-4-6-12(9)10/h3-8,13H,1-2H2. The Hall–Kier alpha value is -1.50. The highest BCUT2D eigenvalue weighted by Crippen LogP contribution is 2.24. The lowest BCUT2D eigenvalue weighted by molar-refractivity contribution is 0.475. The highest BCUT2D eigenvalue weighted by molar-refractivity contribution is 5.87. The summed E-state index contributed by atoms with van der Waals surface area (Å²) in [5.74, 6) is 0.317. The van der Waals surface area contributed by atoms with Gasteiger partial charge in [0.15, 0.2) is 0 Å². The van der Waals surface area contributed by atoms with Crippen LogP contribution in [0.1, 0.15) is 5.56 Å². The highest BCUT2D eigenvalue weighted by atomic mass is 16.3. The van der Waals surface area contributed by atoms with Gasteiger partial charge in [-0.25, -0.2) is 0 Å². The van der Waals surface area contributed by atoms with Gasteiger partial charge in [0.1, 0.15) is 5.75 Å². The summed E-state index contributed by atoms with van der Waals surface area (Å²) >= 11 is 0. The third-order valence-electron chi connectivity index (χ3n) is 2.20. The van der Waals surface area contributed by atoms with Gasteiger partial charge in [0.05, 0.1) is 0 Å². The zero-order valence-electron chi connectivity index (χ0n) is 7.33. The number of aromatic hydroxyl groups is 1. The molecule has 0 amide bonds. The molecule has 0 unspecified atom stereocenters. The lowest BCUT2D eigenvalue weighted by Gasteiger charge is -2.04. The number of phenolic OH excluding ortho intramolecular Hbond substituents is 1. The van der Waals surface area contributed by atoms with Gasteiger partial charge in [0.2, 0.25) is 0 Å². The third kappa shape index (κ3) is 1.37. The van der Waals surface area contributed by atoms with Crippen molar-refractivity contribution in [3.63, 3.8) is 0 Å². The van der Waals surface area contributed by atoms with Crippen molar-refractivity contribution in [3.8, 4) is 5.75 Å². The molecule has 0 heterocycles. The average molecular weight is 171 g/mol. The molecule has 2 aromatic carbocycles. The first-order valence-electron chi connectivity index (χ1n) is 4.31. The minimum atomic E-state index is 0.317. The van der Waals surface area contributed by atoms with E-state index in [0.29, 0.717) is 12.2 Å². The minimum absolute atomic E-state index is 0.317. The summed E-state index contributed by atoms with van der Waals surface area (Å²) in [6.07, 6.45) is 0.703. The van der Waals surface area contributed by atoms with Gasteiger partial charge in [-0.2, -0.15) is 0 Å². The van der Waals surface area contributed by atoms with E-state index in [-0.39, 0.29) is 0 Å². The van der Waals surface area contributed by atoms with Crippen LogP contribution in [-0.2, 0) is 6.42 Å². The van der Waals surface area contributed by atoms with Crippen molar-refractivity contribution in [1.82, 2.24) is 0 Å². The molecule has 2 aromatic rings. The minimum Gasteiger partial charge on any atom is -0.508 e. The largest absolute Gasteiger partial charge is 0.508 e. The molecule has 1 nitrogen and oxygen atoms in total. The molecule has 0 aliphatic rings. The van der Waals surface area contributed by atoms with Gasteiger partial charge in [0.25, 0.3) is 0 Å². The number of fused-ring (bicyclic) bond motifs is 1. The van der Waals surface area contributed by atoms with Gasteiger partial charge in [0, 0.05) is 0 Å². The van der Waals surface area contributed by atoms with Crippen molar-refractivity contribution >= 4 is 10.8 Å². The van der Waals surface area contributed by atoms with Crippen LogP contribution >= 0.6 is 0 Å². The van der Waals surface area contributed by atoms with Crippen LogP contribution in [0.4, 0.5) is 0 Å². The molecule has 1 N–H and O–H groups in total. The number of rotatable bonds is 1. The second-order valence-corrected chi connectivity index (χ2v) is 3.08. The van der Waals surface area contributed by atoms with Crippen LogP contribution in [0.3, 0.4) is 0 Å². The summed E-state index contributed by atoms with van der Waals surface area (Å²) in [6, 6.07) is 11.6. The maximum absolute atomic E-state index is 9.41. The first kappa shape index (κ1) is 8.11. The van der Waals surface area contributed by atoms with Crippen LogP contribution in [0.25, 0.3) is 10.8 Å². The Balaban J connectivity index is 2.81. The van der Waals surface area contributed by atoms with E-state index in [9.17, 15) is 5.11 Å². The maximum Gasteiger partial charge on any atom is 0.116 e. The monoisotopic (exact) mass is 171 g/mol. The molecule has 0 aliphatic carbocycles. The van der Waals surface area contributed by atoms with Gasteiger partial charge >= 0.3 is 0 Å². The molecule has 1 radical (unpaired) electrons. The average Bonchev–Trinajstić information content (AvgIpc) is 2.16. The molecule has 1 heteroatoms. The fourth-order valence-corrected chi connectivity index (χ4v) is 1.58. The molecule has 13 heavy (non-hydrogen) atoms. The highest BCUT2D eigenvalue weighted by Gasteiger charge is 2.00. The topological polar surface area (TPSA) is 20.2 Å². The number of hydrogen-bond donors (Lipinski definition) is 1. The maximum atomic E-state index is 9.41. The van der Waals surface area contributed by atoms with E-state index in [4.69, 9.17) is 0 Å². The molecule has 0 fully saturated rings. The van der Waals surface area contributed by atoms with Crippen molar-refractivity contribution in [2.45, 2.75) is 6.42 Å². The van der Waals surface area contributed by atoms with Gasteiger partial charge < -0.3 is 5.11 Å². The van der Waals surface area contributed by atoms with E-state index in [2.05, 4.69) is 13.0 Å². The summed E-state index contributed by atoms with van der Waals surface area (Å²) in [5, 5.41) is 11.7. The molecular formula is C12H11O. The van der Waals surface area contributed by atoms with Crippen LogP contribution in [0.2, 0.25) is 0 Å². The Bertz CT molecular complexity index is 432. The fourth-order valence-electron chi connectivity index (χ4n) is 1.58. The molecule has 0 aliphatic heterocycles. The van der Waals surface area contributed by atoms with Crippen LogP contribution in [0.15, 0.2) is 36.4 Å². The van der Waals surface area contributed by atoms with Crippen LogP contribution in [-0.4, -0.2) is 5.11 Å². The molecule has 0 spiro atoms. The molecular weight excluding hydrogens is 160 g/mol. The van der Waals surface area contributed by atoms with Gasteiger partial charge in [-0.1, -0.05) is 24.3 Å². The second-order valence-electron chi connectivity index (χ2n) is 3.08. The SMILES string of the molecule is [CH2]Cc1cc(O)cc2ccccc12. The molecule has 0 atom stereocenters. The Morgan fingerprint density at radius 2 is 1.92 bits per heavy atom. The first-order valence-corrected chi connectivity index (χ1v) is 4.31. The first-order chi connectivity index (χ1) is 6.31. The van der Waals surface area contributed by atoms with E-state index in [1.54, 1.807) is 12.1 Å². The third-order valence-corrected chi connectivity index (χ3v) is 2.20. The van der Waals surface area contributed by atoms with Crippen LogP contribution < -0.4 is 0 Å². The van der Waals surface area contributed by atoms with E-state index in [1.165, 1.54) is 5.39 Å². The van der Waals surface area contributed by atoms with Crippen molar-refractivity contribution in [2.75, 3.05) is 0 Å². The predicted octanol–water partition coefficient (Wildman–Crippen LogP) is 2.92. The molecule has 65 valence electrons. The Labute approximate surface area is 77.6 Å². The lowest BCUT2D eigenvalue weighted by atomic mass is 10.0. The van der Waals surface area contributed by atoms with Gasteiger partial charge in [-0.05, 0) is 41.8 Å². The summed E-state index contributed by atoms with van der Waals surface area (Å²) in [7, 11) is 0. The van der Waals surface area contributed by atoms with Crippen LogP contribution in [0, 0.1) is 6.92 Å². The van der Waals surface area contributed by atoms with Gasteiger partial charge in [-0.15, -0.1) is 0 Å². The van der Waals surface area contributed by atoms with Crippen molar-refractivity contribution in [3.05, 3.63) is 48.9 Å². The predicted molar refractivity (Wildman–Crippen MR) is 54.7 cm³/mol. The normalized spacial score (nSPS) is 10.5. The molecule has 0 saturated carbocycles. The van der Waals surface area contributed by atoms with Crippen LogP contribution in [0.5, 0.6) is 5.75 Å². The molecule has 0 bridgehead atoms. The Morgan fingerprint density at radius 3 is 2.69 bits per heavy atom. The Kier molecular flexibility index (Phi) is 1.93.